The zero-order valence-electron chi connectivity index (χ0n) is 15.2. The fourth-order valence-electron chi connectivity index (χ4n) is 2.36. The first-order chi connectivity index (χ1) is 12.8. The van der Waals surface area contributed by atoms with E-state index in [2.05, 4.69) is 30.5 Å². The summed E-state index contributed by atoms with van der Waals surface area (Å²) in [5.74, 6) is 1.39. The van der Waals surface area contributed by atoms with Crippen molar-refractivity contribution in [2.24, 2.45) is 0 Å². The molecule has 0 saturated heterocycles. The van der Waals surface area contributed by atoms with Gasteiger partial charge in [0, 0.05) is 16.5 Å². The van der Waals surface area contributed by atoms with Crippen molar-refractivity contribution in [1.82, 2.24) is 0 Å². The van der Waals surface area contributed by atoms with Crippen molar-refractivity contribution in [2.45, 2.75) is 22.5 Å². The van der Waals surface area contributed by atoms with Gasteiger partial charge in [0.2, 0.25) is 0 Å². The molecule has 0 aliphatic heterocycles. The number of para-hydroxylation sites is 1. The zero-order chi connectivity index (χ0) is 19.9. The van der Waals surface area contributed by atoms with Gasteiger partial charge in [0.15, 0.2) is 10.6 Å². The van der Waals surface area contributed by atoms with E-state index in [-0.39, 0.29) is 15.8 Å². The van der Waals surface area contributed by atoms with Crippen LogP contribution >= 0.6 is 0 Å². The van der Waals surface area contributed by atoms with E-state index >= 15 is 0 Å². The average Bonchev–Trinajstić information content (AvgIpc) is 2.63. The van der Waals surface area contributed by atoms with E-state index in [0.717, 1.165) is 16.2 Å². The number of rotatable bonds is 4. The molecule has 27 heavy (non-hydrogen) atoms. The molecule has 3 aromatic rings. The molecule has 1 N–H and O–H groups in total. The van der Waals surface area contributed by atoms with Gasteiger partial charge in [0.25, 0.3) is 0 Å². The Morgan fingerprint density at radius 3 is 2.00 bits per heavy atom. The minimum absolute atomic E-state index is 0.0540. The highest BCUT2D eigenvalue weighted by molar-refractivity contribution is 7.95. The molecule has 1 unspecified atom stereocenters. The van der Waals surface area contributed by atoms with Crippen LogP contribution in [-0.2, 0) is 26.8 Å². The molecule has 0 heterocycles. The van der Waals surface area contributed by atoms with E-state index in [4.69, 9.17) is 0 Å². The highest BCUT2D eigenvalue weighted by atomic mass is 32.2. The Morgan fingerprint density at radius 2 is 1.44 bits per heavy atom. The molecular weight excluding hydrogens is 380 g/mol. The van der Waals surface area contributed by atoms with E-state index in [1.54, 1.807) is 18.2 Å². The Balaban J connectivity index is 0.000000208. The van der Waals surface area contributed by atoms with Crippen LogP contribution in [0.3, 0.4) is 0 Å². The number of phenols is 1. The summed E-state index contributed by atoms with van der Waals surface area (Å²) < 4.78 is 31.2. The SMILES string of the molecule is C[S+](Cc1ccccc1)c1ccccc1O.Cc1ccc(S(=O)(=O)[O-])cc1. The van der Waals surface area contributed by atoms with Crippen LogP contribution in [0.25, 0.3) is 0 Å². The lowest BCUT2D eigenvalue weighted by molar-refractivity contribution is 0.461. The van der Waals surface area contributed by atoms with Gasteiger partial charge in [-0.2, -0.15) is 0 Å². The van der Waals surface area contributed by atoms with Gasteiger partial charge in [-0.25, -0.2) is 8.42 Å². The minimum Gasteiger partial charge on any atom is -0.744 e. The summed E-state index contributed by atoms with van der Waals surface area (Å²) in [4.78, 5) is 0.870. The lowest BCUT2D eigenvalue weighted by atomic mass is 10.2. The molecule has 3 aromatic carbocycles. The number of aryl methyl sites for hydroxylation is 1. The smallest absolute Gasteiger partial charge is 0.196 e. The molecular formula is C21H22O4S2. The lowest BCUT2D eigenvalue weighted by Gasteiger charge is -2.05. The summed E-state index contributed by atoms with van der Waals surface area (Å²) in [6.45, 7) is 1.82. The lowest BCUT2D eigenvalue weighted by Crippen LogP contribution is -2.03. The van der Waals surface area contributed by atoms with Crippen molar-refractivity contribution in [3.63, 3.8) is 0 Å². The predicted octanol–water partition coefficient (Wildman–Crippen LogP) is 4.10. The molecule has 0 aliphatic rings. The average molecular weight is 403 g/mol. The van der Waals surface area contributed by atoms with Gasteiger partial charge >= 0.3 is 0 Å². The zero-order valence-corrected chi connectivity index (χ0v) is 16.8. The molecule has 0 aliphatic carbocycles. The molecule has 0 fully saturated rings. The molecule has 4 nitrogen and oxygen atoms in total. The first kappa shape index (κ1) is 21.0. The molecule has 0 saturated carbocycles. The standard InChI is InChI=1S/C14H14OS.C7H8O3S/c1-16(11-12-7-3-2-4-8-12)14-10-6-5-9-13(14)15;1-6-2-4-7(5-3-6)11(8,9)10/h2-10H,11H2,1H3;2-5H,1H3,(H,8,9,10). The van der Waals surface area contributed by atoms with Crippen LogP contribution in [0.4, 0.5) is 0 Å². The molecule has 0 aromatic heterocycles. The summed E-state index contributed by atoms with van der Waals surface area (Å²) in [5, 5.41) is 9.77. The third-order valence-electron chi connectivity index (χ3n) is 3.78. The maximum absolute atomic E-state index is 10.4. The van der Waals surface area contributed by atoms with E-state index in [9.17, 15) is 18.1 Å². The first-order valence-electron chi connectivity index (χ1n) is 8.24. The van der Waals surface area contributed by atoms with Gasteiger partial charge in [0.05, 0.1) is 4.90 Å². The summed E-state index contributed by atoms with van der Waals surface area (Å²) in [5.41, 5.74) is 2.24. The summed E-state index contributed by atoms with van der Waals surface area (Å²) >= 11 is 0. The van der Waals surface area contributed by atoms with Crippen molar-refractivity contribution < 1.29 is 18.1 Å². The highest BCUT2D eigenvalue weighted by Gasteiger charge is 2.19. The normalized spacial score (nSPS) is 12.0. The maximum Gasteiger partial charge on any atom is 0.196 e. The van der Waals surface area contributed by atoms with Crippen LogP contribution in [0.5, 0.6) is 5.75 Å². The third kappa shape index (κ3) is 6.75. The third-order valence-corrected chi connectivity index (χ3v) is 6.49. The second-order valence-corrected chi connectivity index (χ2v) is 9.38. The summed E-state index contributed by atoms with van der Waals surface area (Å²) in [7, 11) is -4.22. The molecule has 0 amide bonds. The van der Waals surface area contributed by atoms with Gasteiger partial charge in [-0.1, -0.05) is 60.2 Å². The van der Waals surface area contributed by atoms with Crippen LogP contribution in [-0.4, -0.2) is 24.3 Å². The first-order valence-corrected chi connectivity index (χ1v) is 11.5. The summed E-state index contributed by atoms with van der Waals surface area (Å²) in [6, 6.07) is 23.8. The molecule has 0 bridgehead atoms. The fourth-order valence-corrected chi connectivity index (χ4v) is 4.41. The van der Waals surface area contributed by atoms with Crippen LogP contribution in [0.1, 0.15) is 11.1 Å². The van der Waals surface area contributed by atoms with Crippen molar-refractivity contribution >= 4 is 21.0 Å². The van der Waals surface area contributed by atoms with Gasteiger partial charge < -0.3 is 9.66 Å². The van der Waals surface area contributed by atoms with E-state index in [1.165, 1.54) is 17.7 Å². The predicted molar refractivity (Wildman–Crippen MR) is 109 cm³/mol. The number of aromatic hydroxyl groups is 1. The molecule has 0 radical (unpaired) electrons. The largest absolute Gasteiger partial charge is 0.744 e. The topological polar surface area (TPSA) is 77.4 Å². The van der Waals surface area contributed by atoms with Crippen molar-refractivity contribution in [3.8, 4) is 5.75 Å². The number of benzene rings is 3. The molecule has 3 rings (SSSR count). The van der Waals surface area contributed by atoms with Crippen LogP contribution < -0.4 is 0 Å². The number of hydrogen-bond acceptors (Lipinski definition) is 4. The van der Waals surface area contributed by atoms with Gasteiger partial charge in [-0.05, 0) is 31.2 Å². The van der Waals surface area contributed by atoms with Gasteiger partial charge in [-0.3, -0.25) is 0 Å². The Labute approximate surface area is 163 Å². The fraction of sp³-hybridized carbons (Fsp3) is 0.143. The van der Waals surface area contributed by atoms with Crippen LogP contribution in [0.15, 0.2) is 88.7 Å². The second kappa shape index (κ2) is 9.60. The van der Waals surface area contributed by atoms with Crippen molar-refractivity contribution in [1.29, 1.82) is 0 Å². The van der Waals surface area contributed by atoms with E-state index in [1.807, 2.05) is 31.2 Å². The number of hydrogen-bond donors (Lipinski definition) is 1. The molecule has 0 spiro atoms. The minimum atomic E-state index is -4.27. The Hall–Kier alpha value is -2.28. The Kier molecular flexibility index (Phi) is 7.47. The molecule has 142 valence electrons. The molecule has 1 atom stereocenters. The van der Waals surface area contributed by atoms with Crippen molar-refractivity contribution in [2.75, 3.05) is 6.26 Å². The van der Waals surface area contributed by atoms with E-state index in [0.29, 0.717) is 5.75 Å². The van der Waals surface area contributed by atoms with E-state index < -0.39 is 10.1 Å². The Bertz CT molecular complexity index is 953. The van der Waals surface area contributed by atoms with Crippen LogP contribution in [0.2, 0.25) is 0 Å². The van der Waals surface area contributed by atoms with Gasteiger partial charge in [0.1, 0.15) is 22.1 Å². The quantitative estimate of drug-likeness (QED) is 0.526. The second-order valence-electron chi connectivity index (χ2n) is 6.00. The summed E-state index contributed by atoms with van der Waals surface area (Å²) in [6.07, 6.45) is 2.17. The van der Waals surface area contributed by atoms with Crippen LogP contribution in [0, 0.1) is 6.92 Å². The maximum atomic E-state index is 10.4. The number of phenolic OH excluding ortho intramolecular Hbond substituents is 1. The molecule has 6 heteroatoms. The van der Waals surface area contributed by atoms with Gasteiger partial charge in [-0.15, -0.1) is 0 Å². The monoisotopic (exact) mass is 402 g/mol. The van der Waals surface area contributed by atoms with Crippen molar-refractivity contribution in [3.05, 3.63) is 90.0 Å². The Morgan fingerprint density at radius 1 is 0.889 bits per heavy atom. The highest BCUT2D eigenvalue weighted by Crippen LogP contribution is 2.25.